The number of hydrogen-bond acceptors (Lipinski definition) is 3. The average molecular weight is 451 g/mol. The molecule has 0 unspecified atom stereocenters. The molecular weight excluding hydrogens is 412 g/mol. The van der Waals surface area contributed by atoms with Crippen molar-refractivity contribution < 1.29 is 14.3 Å². The fourth-order valence-corrected chi connectivity index (χ4v) is 4.67. The van der Waals surface area contributed by atoms with Crippen LogP contribution in [0.5, 0.6) is 5.75 Å². The number of carbonyl (C=O) groups is 2. The van der Waals surface area contributed by atoms with E-state index < -0.39 is 6.04 Å². The van der Waals surface area contributed by atoms with Crippen molar-refractivity contribution in [2.24, 2.45) is 0 Å². The summed E-state index contributed by atoms with van der Waals surface area (Å²) in [5.41, 5.74) is 5.41. The van der Waals surface area contributed by atoms with Crippen molar-refractivity contribution in [3.05, 3.63) is 64.2 Å². The smallest absolute Gasteiger partial charge is 0.261 e. The minimum absolute atomic E-state index is 0.0621. The number of nitrogens with zero attached hydrogens (tertiary/aromatic N) is 1. The second kappa shape index (κ2) is 11.4. The van der Waals surface area contributed by atoms with Crippen LogP contribution in [0.4, 0.5) is 0 Å². The maximum absolute atomic E-state index is 13.4. The number of ether oxygens (including phenoxy) is 1. The highest BCUT2D eigenvalue weighted by Crippen LogP contribution is 2.24. The lowest BCUT2D eigenvalue weighted by atomic mass is 10.1. The monoisotopic (exact) mass is 450 g/mol. The largest absolute Gasteiger partial charge is 0.483 e. The fraction of sp³-hybridized carbons (Fsp3) is 0.500. The Bertz CT molecular complexity index is 979. The maximum Gasteiger partial charge on any atom is 0.261 e. The predicted molar refractivity (Wildman–Crippen MR) is 132 cm³/mol. The van der Waals surface area contributed by atoms with Crippen molar-refractivity contribution >= 4 is 11.8 Å². The first kappa shape index (κ1) is 24.8. The van der Waals surface area contributed by atoms with E-state index in [9.17, 15) is 9.59 Å². The zero-order valence-electron chi connectivity index (χ0n) is 20.7. The number of benzene rings is 2. The highest BCUT2D eigenvalue weighted by atomic mass is 16.5. The first-order valence-electron chi connectivity index (χ1n) is 12.1. The lowest BCUT2D eigenvalue weighted by molar-refractivity contribution is -0.143. The van der Waals surface area contributed by atoms with Crippen molar-refractivity contribution in [3.8, 4) is 5.75 Å². The summed E-state index contributed by atoms with van der Waals surface area (Å²) in [5.74, 6) is 0.483. The minimum atomic E-state index is -0.525. The van der Waals surface area contributed by atoms with Gasteiger partial charge in [0.15, 0.2) is 6.61 Å². The standard InChI is InChI=1S/C28H38N2O3/c1-6-25(28(32)29-24-12-7-8-13-24)30(17-23-11-9-10-19(2)15-23)27(31)18-33-26-16-20(3)14-21(4)22(26)5/h9-11,14-16,24-25H,6-8,12-13,17-18H2,1-5H3,(H,29,32)/t25-/m1/s1. The van der Waals surface area contributed by atoms with E-state index in [2.05, 4.69) is 17.4 Å². The molecule has 0 aliphatic heterocycles. The van der Waals surface area contributed by atoms with Crippen molar-refractivity contribution in [1.82, 2.24) is 10.2 Å². The molecule has 0 bridgehead atoms. The third kappa shape index (κ3) is 6.59. The van der Waals surface area contributed by atoms with Gasteiger partial charge < -0.3 is 15.0 Å². The second-order valence-corrected chi connectivity index (χ2v) is 9.42. The van der Waals surface area contributed by atoms with E-state index in [-0.39, 0.29) is 24.5 Å². The molecule has 1 N–H and O–H groups in total. The van der Waals surface area contributed by atoms with E-state index in [1.807, 2.05) is 58.9 Å². The van der Waals surface area contributed by atoms with E-state index in [1.165, 1.54) is 0 Å². The summed E-state index contributed by atoms with van der Waals surface area (Å²) in [4.78, 5) is 28.3. The number of hydrogen-bond donors (Lipinski definition) is 1. The molecule has 0 spiro atoms. The van der Waals surface area contributed by atoms with E-state index in [1.54, 1.807) is 4.90 Å². The van der Waals surface area contributed by atoms with Crippen LogP contribution in [0.1, 0.15) is 66.8 Å². The van der Waals surface area contributed by atoms with Crippen LogP contribution in [-0.4, -0.2) is 35.4 Å². The molecule has 1 aliphatic rings. The van der Waals surface area contributed by atoms with Gasteiger partial charge in [-0.25, -0.2) is 0 Å². The number of carbonyl (C=O) groups excluding carboxylic acids is 2. The van der Waals surface area contributed by atoms with Gasteiger partial charge in [-0.2, -0.15) is 0 Å². The first-order chi connectivity index (χ1) is 15.8. The molecule has 1 atom stereocenters. The molecule has 5 heteroatoms. The molecule has 3 rings (SSSR count). The molecule has 2 amide bonds. The third-order valence-electron chi connectivity index (χ3n) is 6.64. The zero-order chi connectivity index (χ0) is 24.0. The molecular formula is C28H38N2O3. The summed E-state index contributed by atoms with van der Waals surface area (Å²) >= 11 is 0. The lowest BCUT2D eigenvalue weighted by Crippen LogP contribution is -2.52. The van der Waals surface area contributed by atoms with Gasteiger partial charge in [-0.1, -0.05) is 55.7 Å². The third-order valence-corrected chi connectivity index (χ3v) is 6.64. The van der Waals surface area contributed by atoms with Crippen LogP contribution in [0.25, 0.3) is 0 Å². The quantitative estimate of drug-likeness (QED) is 0.574. The second-order valence-electron chi connectivity index (χ2n) is 9.42. The Hall–Kier alpha value is -2.82. The van der Waals surface area contributed by atoms with Crippen LogP contribution in [-0.2, 0) is 16.1 Å². The van der Waals surface area contributed by atoms with Crippen LogP contribution < -0.4 is 10.1 Å². The fourth-order valence-electron chi connectivity index (χ4n) is 4.67. The normalized spacial score (nSPS) is 14.7. The molecule has 0 aromatic heterocycles. The zero-order valence-corrected chi connectivity index (χ0v) is 20.7. The molecule has 0 heterocycles. The van der Waals surface area contributed by atoms with E-state index in [0.717, 1.165) is 59.3 Å². The summed E-state index contributed by atoms with van der Waals surface area (Å²) in [6, 6.07) is 11.9. The molecule has 0 saturated heterocycles. The van der Waals surface area contributed by atoms with Crippen LogP contribution in [0, 0.1) is 27.7 Å². The first-order valence-corrected chi connectivity index (χ1v) is 12.1. The summed E-state index contributed by atoms with van der Waals surface area (Å²) in [7, 11) is 0. The molecule has 0 radical (unpaired) electrons. The Balaban J connectivity index is 1.80. The summed E-state index contributed by atoms with van der Waals surface area (Å²) in [6.07, 6.45) is 4.89. The average Bonchev–Trinajstić information content (AvgIpc) is 3.28. The van der Waals surface area contributed by atoms with Crippen LogP contribution in [0.3, 0.4) is 0 Å². The summed E-state index contributed by atoms with van der Waals surface area (Å²) < 4.78 is 5.99. The van der Waals surface area contributed by atoms with Crippen molar-refractivity contribution in [1.29, 1.82) is 0 Å². The van der Waals surface area contributed by atoms with E-state index in [0.29, 0.717) is 13.0 Å². The SMILES string of the molecule is CC[C@H](C(=O)NC1CCCC1)N(Cc1cccc(C)c1)C(=O)COc1cc(C)cc(C)c1C. The molecule has 2 aromatic carbocycles. The van der Waals surface area contributed by atoms with Gasteiger partial charge in [0.25, 0.3) is 5.91 Å². The van der Waals surface area contributed by atoms with E-state index >= 15 is 0 Å². The highest BCUT2D eigenvalue weighted by molar-refractivity contribution is 5.88. The molecule has 1 saturated carbocycles. The highest BCUT2D eigenvalue weighted by Gasteiger charge is 2.31. The van der Waals surface area contributed by atoms with Gasteiger partial charge in [-0.15, -0.1) is 0 Å². The number of nitrogens with one attached hydrogen (secondary N) is 1. The van der Waals surface area contributed by atoms with Gasteiger partial charge in [0.2, 0.25) is 5.91 Å². The Morgan fingerprint density at radius 1 is 1.06 bits per heavy atom. The van der Waals surface area contributed by atoms with E-state index in [4.69, 9.17) is 4.74 Å². The number of aryl methyl sites for hydroxylation is 3. The molecule has 178 valence electrons. The Kier molecular flexibility index (Phi) is 8.54. The van der Waals surface area contributed by atoms with Crippen molar-refractivity contribution in [3.63, 3.8) is 0 Å². The van der Waals surface area contributed by atoms with Crippen LogP contribution in [0.15, 0.2) is 36.4 Å². The predicted octanol–water partition coefficient (Wildman–Crippen LogP) is 5.17. The lowest BCUT2D eigenvalue weighted by Gasteiger charge is -2.31. The Labute approximate surface area is 198 Å². The Morgan fingerprint density at radius 3 is 2.45 bits per heavy atom. The van der Waals surface area contributed by atoms with Crippen molar-refractivity contribution in [2.75, 3.05) is 6.61 Å². The van der Waals surface area contributed by atoms with Gasteiger partial charge >= 0.3 is 0 Å². The summed E-state index contributed by atoms with van der Waals surface area (Å²) in [5, 5.41) is 3.19. The molecule has 1 fully saturated rings. The van der Waals surface area contributed by atoms with Gasteiger partial charge in [0.05, 0.1) is 0 Å². The number of amides is 2. The van der Waals surface area contributed by atoms with Gasteiger partial charge in [0.1, 0.15) is 11.8 Å². The molecule has 1 aliphatic carbocycles. The van der Waals surface area contributed by atoms with Gasteiger partial charge in [0, 0.05) is 12.6 Å². The van der Waals surface area contributed by atoms with Gasteiger partial charge in [-0.05, 0) is 75.3 Å². The maximum atomic E-state index is 13.4. The Morgan fingerprint density at radius 2 is 1.79 bits per heavy atom. The molecule has 5 nitrogen and oxygen atoms in total. The van der Waals surface area contributed by atoms with Crippen LogP contribution >= 0.6 is 0 Å². The van der Waals surface area contributed by atoms with Gasteiger partial charge in [-0.3, -0.25) is 9.59 Å². The molecule has 2 aromatic rings. The van der Waals surface area contributed by atoms with Crippen molar-refractivity contribution in [2.45, 2.75) is 85.4 Å². The topological polar surface area (TPSA) is 58.6 Å². The minimum Gasteiger partial charge on any atom is -0.483 e. The number of rotatable bonds is 9. The molecule has 33 heavy (non-hydrogen) atoms. The summed E-state index contributed by atoms with van der Waals surface area (Å²) in [6.45, 7) is 10.3. The van der Waals surface area contributed by atoms with Crippen LogP contribution in [0.2, 0.25) is 0 Å².